The van der Waals surface area contributed by atoms with Crippen molar-refractivity contribution in [2.24, 2.45) is 5.92 Å². The van der Waals surface area contributed by atoms with Crippen LogP contribution >= 0.6 is 0 Å². The van der Waals surface area contributed by atoms with Crippen LogP contribution in [0.2, 0.25) is 0 Å². The van der Waals surface area contributed by atoms with Gasteiger partial charge in [-0.3, -0.25) is 4.79 Å². The van der Waals surface area contributed by atoms with Crippen LogP contribution in [-0.4, -0.2) is 41.4 Å². The van der Waals surface area contributed by atoms with Gasteiger partial charge in [0.1, 0.15) is 5.82 Å². The lowest BCUT2D eigenvalue weighted by molar-refractivity contribution is -0.131. The van der Waals surface area contributed by atoms with Crippen LogP contribution in [0.3, 0.4) is 0 Å². The van der Waals surface area contributed by atoms with E-state index >= 15 is 0 Å². The van der Waals surface area contributed by atoms with E-state index in [2.05, 4.69) is 25.7 Å². The van der Waals surface area contributed by atoms with Crippen molar-refractivity contribution < 1.29 is 9.18 Å². The number of amides is 1. The van der Waals surface area contributed by atoms with E-state index in [0.717, 1.165) is 18.7 Å². The van der Waals surface area contributed by atoms with E-state index in [0.29, 0.717) is 24.4 Å². The summed E-state index contributed by atoms with van der Waals surface area (Å²) >= 11 is 0. The standard InChI is InChI=1S/C18H27FN2O/c1-13-15(7-6-8-16(13)19)12-20(5)10-14-9-17(22)21(11-14)18(2,3)4/h6-8,14H,9-12H2,1-5H3/t14-/m0/s1. The lowest BCUT2D eigenvalue weighted by atomic mass is 10.1. The van der Waals surface area contributed by atoms with Gasteiger partial charge in [-0.1, -0.05) is 12.1 Å². The fourth-order valence-corrected chi connectivity index (χ4v) is 3.17. The van der Waals surface area contributed by atoms with Gasteiger partial charge in [-0.15, -0.1) is 0 Å². The third kappa shape index (κ3) is 3.86. The molecule has 0 spiro atoms. The second-order valence-corrected chi connectivity index (χ2v) is 7.47. The molecular formula is C18H27FN2O. The molecule has 22 heavy (non-hydrogen) atoms. The topological polar surface area (TPSA) is 23.6 Å². The molecule has 1 aliphatic rings. The zero-order chi connectivity index (χ0) is 16.5. The first-order chi connectivity index (χ1) is 10.2. The van der Waals surface area contributed by atoms with Crippen molar-refractivity contribution >= 4 is 5.91 Å². The SMILES string of the molecule is Cc1c(F)cccc1CN(C)C[C@@H]1CC(=O)N(C(C)(C)C)C1. The maximum absolute atomic E-state index is 13.6. The predicted octanol–water partition coefficient (Wildman–Crippen LogP) is 3.21. The minimum atomic E-state index is -0.152. The van der Waals surface area contributed by atoms with Crippen molar-refractivity contribution in [3.05, 3.63) is 35.1 Å². The van der Waals surface area contributed by atoms with Gasteiger partial charge >= 0.3 is 0 Å². The number of carbonyl (C=O) groups is 1. The van der Waals surface area contributed by atoms with E-state index in [-0.39, 0.29) is 17.3 Å². The van der Waals surface area contributed by atoms with E-state index in [1.807, 2.05) is 24.9 Å². The van der Waals surface area contributed by atoms with E-state index < -0.39 is 0 Å². The Hall–Kier alpha value is -1.42. The summed E-state index contributed by atoms with van der Waals surface area (Å²) in [6, 6.07) is 5.22. The number of hydrogen-bond donors (Lipinski definition) is 0. The number of carbonyl (C=O) groups excluding carboxylic acids is 1. The summed E-state index contributed by atoms with van der Waals surface area (Å²) in [5.41, 5.74) is 1.62. The van der Waals surface area contributed by atoms with Crippen LogP contribution in [-0.2, 0) is 11.3 Å². The van der Waals surface area contributed by atoms with E-state index in [9.17, 15) is 9.18 Å². The van der Waals surface area contributed by atoms with Crippen molar-refractivity contribution in [3.8, 4) is 0 Å². The summed E-state index contributed by atoms with van der Waals surface area (Å²) in [5, 5.41) is 0. The molecule has 1 saturated heterocycles. The fourth-order valence-electron chi connectivity index (χ4n) is 3.17. The van der Waals surface area contributed by atoms with E-state index in [1.165, 1.54) is 6.07 Å². The average molecular weight is 306 g/mol. The van der Waals surface area contributed by atoms with Crippen molar-refractivity contribution in [2.75, 3.05) is 20.1 Å². The van der Waals surface area contributed by atoms with E-state index in [4.69, 9.17) is 0 Å². The van der Waals surface area contributed by atoms with Crippen LogP contribution in [0.4, 0.5) is 4.39 Å². The molecule has 1 aromatic carbocycles. The molecule has 0 aliphatic carbocycles. The van der Waals surface area contributed by atoms with Crippen LogP contribution in [0.1, 0.15) is 38.3 Å². The average Bonchev–Trinajstić information content (AvgIpc) is 2.75. The Kier molecular flexibility index (Phi) is 4.90. The first-order valence-corrected chi connectivity index (χ1v) is 7.91. The number of likely N-dealkylation sites (tertiary alicyclic amines) is 1. The van der Waals surface area contributed by atoms with Gasteiger partial charge in [0.25, 0.3) is 0 Å². The number of nitrogens with zero attached hydrogens (tertiary/aromatic N) is 2. The highest BCUT2D eigenvalue weighted by Crippen LogP contribution is 2.26. The van der Waals surface area contributed by atoms with Crippen LogP contribution in [0.15, 0.2) is 18.2 Å². The molecule has 2 rings (SSSR count). The lowest BCUT2D eigenvalue weighted by Gasteiger charge is -2.32. The molecule has 1 amide bonds. The van der Waals surface area contributed by atoms with Crippen LogP contribution in [0.5, 0.6) is 0 Å². The summed E-state index contributed by atoms with van der Waals surface area (Å²) in [5.74, 6) is 0.444. The quantitative estimate of drug-likeness (QED) is 0.853. The number of rotatable bonds is 4. The number of hydrogen-bond acceptors (Lipinski definition) is 2. The molecule has 3 nitrogen and oxygen atoms in total. The second-order valence-electron chi connectivity index (χ2n) is 7.47. The van der Waals surface area contributed by atoms with Crippen LogP contribution < -0.4 is 0 Å². The minimum absolute atomic E-state index is 0.108. The predicted molar refractivity (Wildman–Crippen MR) is 87.0 cm³/mol. The molecule has 122 valence electrons. The zero-order valence-corrected chi connectivity index (χ0v) is 14.3. The summed E-state index contributed by atoms with van der Waals surface area (Å²) in [6.07, 6.45) is 0.615. The molecule has 1 fully saturated rings. The Labute approximate surface area is 133 Å². The summed E-state index contributed by atoms with van der Waals surface area (Å²) in [4.78, 5) is 16.3. The number of halogens is 1. The van der Waals surface area contributed by atoms with Gasteiger partial charge in [0.15, 0.2) is 0 Å². The molecule has 4 heteroatoms. The molecule has 1 heterocycles. The van der Waals surface area contributed by atoms with Gasteiger partial charge in [-0.05, 0) is 57.9 Å². The van der Waals surface area contributed by atoms with Gasteiger partial charge in [0, 0.05) is 31.6 Å². The van der Waals surface area contributed by atoms with Gasteiger partial charge in [0.05, 0.1) is 0 Å². The zero-order valence-electron chi connectivity index (χ0n) is 14.3. The van der Waals surface area contributed by atoms with Gasteiger partial charge < -0.3 is 9.80 Å². The third-order valence-electron chi connectivity index (χ3n) is 4.40. The summed E-state index contributed by atoms with van der Waals surface area (Å²) in [7, 11) is 2.04. The summed E-state index contributed by atoms with van der Waals surface area (Å²) < 4.78 is 13.6. The maximum atomic E-state index is 13.6. The second kappa shape index (κ2) is 6.37. The highest BCUT2D eigenvalue weighted by Gasteiger charge is 2.36. The first kappa shape index (κ1) is 16.9. The van der Waals surface area contributed by atoms with Crippen molar-refractivity contribution in [1.29, 1.82) is 0 Å². The van der Waals surface area contributed by atoms with Crippen molar-refractivity contribution in [1.82, 2.24) is 9.80 Å². The third-order valence-corrected chi connectivity index (χ3v) is 4.40. The van der Waals surface area contributed by atoms with Crippen molar-refractivity contribution in [2.45, 2.75) is 46.2 Å². The Morgan fingerprint density at radius 2 is 2.05 bits per heavy atom. The highest BCUT2D eigenvalue weighted by atomic mass is 19.1. The fraction of sp³-hybridized carbons (Fsp3) is 0.611. The monoisotopic (exact) mass is 306 g/mol. The van der Waals surface area contributed by atoms with E-state index in [1.54, 1.807) is 6.07 Å². The van der Waals surface area contributed by atoms with Crippen LogP contribution in [0, 0.1) is 18.7 Å². The maximum Gasteiger partial charge on any atom is 0.223 e. The molecule has 1 aromatic rings. The molecule has 0 unspecified atom stereocenters. The molecule has 0 radical (unpaired) electrons. The van der Waals surface area contributed by atoms with Crippen molar-refractivity contribution in [3.63, 3.8) is 0 Å². The Bertz CT molecular complexity index is 551. The molecule has 0 bridgehead atoms. The largest absolute Gasteiger partial charge is 0.338 e. The highest BCUT2D eigenvalue weighted by molar-refractivity contribution is 5.79. The first-order valence-electron chi connectivity index (χ1n) is 7.91. The van der Waals surface area contributed by atoms with Gasteiger partial charge in [-0.25, -0.2) is 4.39 Å². The lowest BCUT2D eigenvalue weighted by Crippen LogP contribution is -2.42. The molecule has 1 aliphatic heterocycles. The number of benzene rings is 1. The van der Waals surface area contributed by atoms with Gasteiger partial charge in [-0.2, -0.15) is 0 Å². The normalized spacial score (nSPS) is 19.3. The van der Waals surface area contributed by atoms with Crippen LogP contribution in [0.25, 0.3) is 0 Å². The molecule has 1 atom stereocenters. The Morgan fingerprint density at radius 1 is 1.36 bits per heavy atom. The minimum Gasteiger partial charge on any atom is -0.338 e. The van der Waals surface area contributed by atoms with Gasteiger partial charge in [0.2, 0.25) is 5.91 Å². The molecule has 0 saturated carbocycles. The molecular weight excluding hydrogens is 279 g/mol. The summed E-state index contributed by atoms with van der Waals surface area (Å²) in [6.45, 7) is 10.4. The molecule has 0 N–H and O–H groups in total. The molecule has 0 aromatic heterocycles. The smallest absolute Gasteiger partial charge is 0.223 e. The Morgan fingerprint density at radius 3 is 2.64 bits per heavy atom. The Balaban J connectivity index is 1.95.